The first kappa shape index (κ1) is 21.8. The fraction of sp³-hybridized carbons (Fsp3) is 0.192. The summed E-state index contributed by atoms with van der Waals surface area (Å²) >= 11 is 1.41. The lowest BCUT2D eigenvalue weighted by atomic mass is 10.1. The van der Waals surface area contributed by atoms with Crippen LogP contribution in [0.5, 0.6) is 0 Å². The van der Waals surface area contributed by atoms with E-state index in [1.165, 1.54) is 17.3 Å². The first-order valence-corrected chi connectivity index (χ1v) is 11.4. The number of aryl methyl sites for hydroxylation is 2. The van der Waals surface area contributed by atoms with Crippen molar-refractivity contribution in [3.63, 3.8) is 0 Å². The molecule has 1 N–H and O–H groups in total. The number of rotatable bonds is 7. The van der Waals surface area contributed by atoms with Gasteiger partial charge in [-0.2, -0.15) is 0 Å². The zero-order valence-corrected chi connectivity index (χ0v) is 19.3. The zero-order chi connectivity index (χ0) is 22.5. The van der Waals surface area contributed by atoms with E-state index in [1.807, 2.05) is 92.2 Å². The van der Waals surface area contributed by atoms with Crippen molar-refractivity contribution in [1.29, 1.82) is 0 Å². The molecule has 0 aliphatic rings. The molecule has 0 aliphatic heterocycles. The topological polar surface area (TPSA) is 59.8 Å². The zero-order valence-electron chi connectivity index (χ0n) is 18.4. The third-order valence-electron chi connectivity index (χ3n) is 5.34. The number of carbonyl (C=O) groups excluding carboxylic acids is 1. The number of benzene rings is 3. The van der Waals surface area contributed by atoms with Crippen LogP contribution in [-0.2, 0) is 18.3 Å². The molecule has 4 aromatic rings. The summed E-state index contributed by atoms with van der Waals surface area (Å²) in [5.41, 5.74) is 5.07. The lowest BCUT2D eigenvalue weighted by molar-refractivity contribution is -0.115. The van der Waals surface area contributed by atoms with Crippen LogP contribution in [0.15, 0.2) is 84.0 Å². The van der Waals surface area contributed by atoms with Gasteiger partial charge < -0.3 is 9.88 Å². The molecule has 0 aliphatic carbocycles. The van der Waals surface area contributed by atoms with E-state index < -0.39 is 5.25 Å². The number of aromatic nitrogens is 3. The van der Waals surface area contributed by atoms with Gasteiger partial charge in [0.15, 0.2) is 5.16 Å². The minimum Gasteiger partial charge on any atom is -0.325 e. The Morgan fingerprint density at radius 1 is 0.969 bits per heavy atom. The van der Waals surface area contributed by atoms with Crippen LogP contribution in [0.3, 0.4) is 0 Å². The second kappa shape index (κ2) is 9.83. The Morgan fingerprint density at radius 2 is 1.66 bits per heavy atom. The minimum absolute atomic E-state index is 0.0810. The Balaban J connectivity index is 1.59. The number of hydrogen-bond acceptors (Lipinski definition) is 4. The third-order valence-corrected chi connectivity index (χ3v) is 6.63. The van der Waals surface area contributed by atoms with E-state index in [0.717, 1.165) is 28.2 Å². The smallest absolute Gasteiger partial charge is 0.242 e. The largest absolute Gasteiger partial charge is 0.325 e. The molecule has 0 bridgehead atoms. The van der Waals surface area contributed by atoms with Gasteiger partial charge in [-0.3, -0.25) is 4.79 Å². The normalized spacial score (nSPS) is 11.8. The third kappa shape index (κ3) is 5.08. The van der Waals surface area contributed by atoms with E-state index in [4.69, 9.17) is 0 Å². The molecule has 0 fully saturated rings. The maximum atomic E-state index is 13.4. The average Bonchev–Trinajstić information content (AvgIpc) is 3.14. The Kier molecular flexibility index (Phi) is 6.71. The molecule has 4 rings (SSSR count). The van der Waals surface area contributed by atoms with Crippen molar-refractivity contribution in [3.05, 3.63) is 107 Å². The van der Waals surface area contributed by atoms with Gasteiger partial charge in [0.1, 0.15) is 11.1 Å². The molecule has 0 radical (unpaired) electrons. The number of nitrogens with one attached hydrogen (secondary N) is 1. The van der Waals surface area contributed by atoms with Gasteiger partial charge in [-0.1, -0.05) is 84.6 Å². The van der Waals surface area contributed by atoms with Crippen molar-refractivity contribution >= 4 is 23.4 Å². The Bertz CT molecular complexity index is 1210. The molecule has 1 aromatic heterocycles. The first-order valence-electron chi connectivity index (χ1n) is 10.5. The molecule has 32 heavy (non-hydrogen) atoms. The molecule has 1 amide bonds. The lowest BCUT2D eigenvalue weighted by Gasteiger charge is -2.18. The Morgan fingerprint density at radius 3 is 2.38 bits per heavy atom. The van der Waals surface area contributed by atoms with Gasteiger partial charge in [0.05, 0.1) is 0 Å². The van der Waals surface area contributed by atoms with E-state index >= 15 is 0 Å². The fourth-order valence-corrected chi connectivity index (χ4v) is 4.48. The van der Waals surface area contributed by atoms with E-state index in [2.05, 4.69) is 27.6 Å². The summed E-state index contributed by atoms with van der Waals surface area (Å²) in [6.45, 7) is 4.02. The summed E-state index contributed by atoms with van der Waals surface area (Å²) < 4.78 is 1.97. The number of hydrogen-bond donors (Lipinski definition) is 1. The van der Waals surface area contributed by atoms with Crippen LogP contribution in [0.1, 0.15) is 33.3 Å². The number of thioether (sulfide) groups is 1. The lowest BCUT2D eigenvalue weighted by Crippen LogP contribution is -2.20. The van der Waals surface area contributed by atoms with Gasteiger partial charge in [0.25, 0.3) is 0 Å². The summed E-state index contributed by atoms with van der Waals surface area (Å²) in [5, 5.41) is 12.2. The van der Waals surface area contributed by atoms with E-state index in [-0.39, 0.29) is 5.91 Å². The highest BCUT2D eigenvalue weighted by atomic mass is 32.2. The van der Waals surface area contributed by atoms with Gasteiger partial charge in [-0.05, 0) is 42.2 Å². The highest BCUT2D eigenvalue weighted by Crippen LogP contribution is 2.36. The number of carbonyl (C=O) groups is 1. The molecule has 162 valence electrons. The van der Waals surface area contributed by atoms with Crippen LogP contribution >= 0.6 is 11.8 Å². The van der Waals surface area contributed by atoms with Crippen molar-refractivity contribution in [1.82, 2.24) is 14.8 Å². The van der Waals surface area contributed by atoms with E-state index in [0.29, 0.717) is 11.6 Å². The quantitative estimate of drug-likeness (QED) is 0.384. The van der Waals surface area contributed by atoms with Gasteiger partial charge in [0, 0.05) is 19.2 Å². The predicted octanol–water partition coefficient (Wildman–Crippen LogP) is 5.49. The molecule has 0 unspecified atom stereocenters. The van der Waals surface area contributed by atoms with Gasteiger partial charge in [-0.15, -0.1) is 10.2 Å². The molecular weight excluding hydrogens is 416 g/mol. The molecule has 5 nitrogen and oxygen atoms in total. The van der Waals surface area contributed by atoms with Crippen molar-refractivity contribution in [2.75, 3.05) is 5.32 Å². The van der Waals surface area contributed by atoms with Crippen LogP contribution in [0.2, 0.25) is 0 Å². The monoisotopic (exact) mass is 442 g/mol. The molecule has 0 spiro atoms. The number of anilines is 1. The maximum Gasteiger partial charge on any atom is 0.242 e. The van der Waals surface area contributed by atoms with Gasteiger partial charge in [0.2, 0.25) is 5.91 Å². The summed E-state index contributed by atoms with van der Waals surface area (Å²) in [4.78, 5) is 13.4. The second-order valence-corrected chi connectivity index (χ2v) is 8.91. The molecular formula is C26H26N4OS. The summed E-state index contributed by atoms with van der Waals surface area (Å²) in [5.74, 6) is 0.781. The SMILES string of the molecule is Cc1ccc(C)c(NC(=O)[C@@H](Sc2nnc(Cc3ccccc3)n2C)c2ccccc2)c1. The Hall–Kier alpha value is -3.38. The van der Waals surface area contributed by atoms with Crippen LogP contribution in [-0.4, -0.2) is 20.7 Å². The molecule has 1 atom stereocenters. The molecule has 3 aromatic carbocycles. The molecule has 0 saturated heterocycles. The van der Waals surface area contributed by atoms with E-state index in [9.17, 15) is 4.79 Å². The molecule has 1 heterocycles. The standard InChI is InChI=1S/C26H26N4OS/c1-18-14-15-19(2)22(16-18)27-25(31)24(21-12-8-5-9-13-21)32-26-29-28-23(30(26)3)17-20-10-6-4-7-11-20/h4-16,24H,17H2,1-3H3,(H,27,31)/t24-/m0/s1. The molecule has 6 heteroatoms. The van der Waals surface area contributed by atoms with Crippen molar-refractivity contribution in [3.8, 4) is 0 Å². The highest BCUT2D eigenvalue weighted by Gasteiger charge is 2.25. The molecule has 0 saturated carbocycles. The van der Waals surface area contributed by atoms with Crippen LogP contribution in [0.25, 0.3) is 0 Å². The highest BCUT2D eigenvalue weighted by molar-refractivity contribution is 8.00. The fourth-order valence-electron chi connectivity index (χ4n) is 3.46. The van der Waals surface area contributed by atoms with Crippen molar-refractivity contribution < 1.29 is 4.79 Å². The number of amides is 1. The van der Waals surface area contributed by atoms with Crippen molar-refractivity contribution in [2.24, 2.45) is 7.05 Å². The average molecular weight is 443 g/mol. The Labute approximate surface area is 192 Å². The minimum atomic E-state index is -0.455. The number of nitrogens with zero attached hydrogens (tertiary/aromatic N) is 3. The van der Waals surface area contributed by atoms with E-state index in [1.54, 1.807) is 0 Å². The summed E-state index contributed by atoms with van der Waals surface area (Å²) in [6.07, 6.45) is 0.690. The summed E-state index contributed by atoms with van der Waals surface area (Å²) in [6, 6.07) is 26.1. The second-order valence-electron chi connectivity index (χ2n) is 7.84. The summed E-state index contributed by atoms with van der Waals surface area (Å²) in [7, 11) is 1.95. The van der Waals surface area contributed by atoms with Crippen LogP contribution in [0, 0.1) is 13.8 Å². The van der Waals surface area contributed by atoms with Gasteiger partial charge >= 0.3 is 0 Å². The predicted molar refractivity (Wildman–Crippen MR) is 130 cm³/mol. The van der Waals surface area contributed by atoms with Crippen LogP contribution < -0.4 is 5.32 Å². The van der Waals surface area contributed by atoms with Crippen molar-refractivity contribution in [2.45, 2.75) is 30.7 Å². The van der Waals surface area contributed by atoms with Crippen LogP contribution in [0.4, 0.5) is 5.69 Å². The maximum absolute atomic E-state index is 13.4. The first-order chi connectivity index (χ1) is 15.5. The van der Waals surface area contributed by atoms with Gasteiger partial charge in [-0.25, -0.2) is 0 Å².